The Balaban J connectivity index is 1.79. The molecule has 0 aromatic heterocycles. The van der Waals surface area contributed by atoms with Crippen LogP contribution in [-0.2, 0) is 0 Å². The third-order valence-corrected chi connectivity index (χ3v) is 5.08. The van der Waals surface area contributed by atoms with E-state index in [1.807, 2.05) is 0 Å². The number of rotatable bonds is 6. The van der Waals surface area contributed by atoms with E-state index in [2.05, 4.69) is 19.2 Å². The minimum atomic E-state index is 0.109. The van der Waals surface area contributed by atoms with E-state index in [0.717, 1.165) is 12.5 Å². The van der Waals surface area contributed by atoms with Crippen LogP contribution < -0.4 is 11.1 Å². The molecule has 0 aliphatic heterocycles. The van der Waals surface area contributed by atoms with Crippen molar-refractivity contribution in [2.45, 2.75) is 77.2 Å². The molecule has 0 spiro atoms. The van der Waals surface area contributed by atoms with Crippen molar-refractivity contribution in [3.63, 3.8) is 0 Å². The van der Waals surface area contributed by atoms with Crippen LogP contribution in [-0.4, -0.2) is 18.6 Å². The van der Waals surface area contributed by atoms with Gasteiger partial charge in [0.1, 0.15) is 0 Å². The molecule has 0 atom stereocenters. The zero-order valence-corrected chi connectivity index (χ0v) is 12.4. The minimum absolute atomic E-state index is 0.109. The monoisotopic (exact) mass is 252 g/mol. The van der Waals surface area contributed by atoms with Gasteiger partial charge in [-0.2, -0.15) is 0 Å². The summed E-state index contributed by atoms with van der Waals surface area (Å²) in [6, 6.07) is 0. The van der Waals surface area contributed by atoms with Crippen LogP contribution in [0.4, 0.5) is 0 Å². The molecule has 0 aromatic rings. The number of nitrogens with two attached hydrogens (primary N) is 1. The third kappa shape index (κ3) is 3.71. The van der Waals surface area contributed by atoms with E-state index < -0.39 is 0 Å². The second-order valence-corrected chi connectivity index (χ2v) is 7.48. The fourth-order valence-electron chi connectivity index (χ4n) is 4.28. The van der Waals surface area contributed by atoms with Gasteiger partial charge in [0.25, 0.3) is 0 Å². The molecular weight excluding hydrogens is 220 g/mol. The summed E-state index contributed by atoms with van der Waals surface area (Å²) in [5.41, 5.74) is 7.12. The average molecular weight is 252 g/mol. The predicted octanol–water partition coefficient (Wildman–Crippen LogP) is 3.45. The van der Waals surface area contributed by atoms with Crippen LogP contribution in [0, 0.1) is 11.3 Å². The maximum Gasteiger partial charge on any atom is 0.0280 e. The maximum atomic E-state index is 6.43. The summed E-state index contributed by atoms with van der Waals surface area (Å²) in [5, 5.41) is 3.73. The fourth-order valence-corrected chi connectivity index (χ4v) is 4.28. The molecule has 106 valence electrons. The highest BCUT2D eigenvalue weighted by Gasteiger charge is 2.35. The lowest BCUT2D eigenvalue weighted by molar-refractivity contribution is 0.216. The molecule has 2 nitrogen and oxygen atoms in total. The van der Waals surface area contributed by atoms with E-state index >= 15 is 0 Å². The van der Waals surface area contributed by atoms with Crippen molar-refractivity contribution in [1.29, 1.82) is 0 Å². The van der Waals surface area contributed by atoms with Gasteiger partial charge < -0.3 is 11.1 Å². The molecule has 0 bridgehead atoms. The smallest absolute Gasteiger partial charge is 0.0280 e. The fraction of sp³-hybridized carbons (Fsp3) is 1.00. The largest absolute Gasteiger partial charge is 0.324 e. The van der Waals surface area contributed by atoms with Crippen molar-refractivity contribution in [2.24, 2.45) is 17.1 Å². The lowest BCUT2D eigenvalue weighted by Crippen LogP contribution is -2.48. The number of hydrogen-bond donors (Lipinski definition) is 2. The van der Waals surface area contributed by atoms with Gasteiger partial charge in [0, 0.05) is 18.6 Å². The second kappa shape index (κ2) is 5.92. The molecule has 2 aliphatic rings. The van der Waals surface area contributed by atoms with E-state index in [9.17, 15) is 0 Å². The van der Waals surface area contributed by atoms with Gasteiger partial charge in [-0.1, -0.05) is 39.5 Å². The quantitative estimate of drug-likeness (QED) is 0.760. The lowest BCUT2D eigenvalue weighted by atomic mass is 9.78. The molecule has 3 N–H and O–H groups in total. The second-order valence-electron chi connectivity index (χ2n) is 7.48. The molecule has 18 heavy (non-hydrogen) atoms. The summed E-state index contributed by atoms with van der Waals surface area (Å²) in [7, 11) is 0. The summed E-state index contributed by atoms with van der Waals surface area (Å²) in [6.45, 7) is 6.96. The Morgan fingerprint density at radius 3 is 2.06 bits per heavy atom. The molecule has 2 fully saturated rings. The highest BCUT2D eigenvalue weighted by atomic mass is 14.9. The highest BCUT2D eigenvalue weighted by Crippen LogP contribution is 2.42. The van der Waals surface area contributed by atoms with Crippen LogP contribution >= 0.6 is 0 Å². The first-order valence-electron chi connectivity index (χ1n) is 8.03. The van der Waals surface area contributed by atoms with Crippen molar-refractivity contribution in [1.82, 2.24) is 5.32 Å². The predicted molar refractivity (Wildman–Crippen MR) is 78.6 cm³/mol. The van der Waals surface area contributed by atoms with Gasteiger partial charge in [-0.05, 0) is 43.4 Å². The summed E-state index contributed by atoms with van der Waals surface area (Å²) in [4.78, 5) is 0. The molecular formula is C16H32N2. The van der Waals surface area contributed by atoms with Gasteiger partial charge in [0.15, 0.2) is 0 Å². The Morgan fingerprint density at radius 2 is 1.50 bits per heavy atom. The van der Waals surface area contributed by atoms with Crippen LogP contribution in [0.2, 0.25) is 0 Å². The highest BCUT2D eigenvalue weighted by molar-refractivity contribution is 4.93. The summed E-state index contributed by atoms with van der Waals surface area (Å²) in [6.07, 6.45) is 12.2. The summed E-state index contributed by atoms with van der Waals surface area (Å²) in [5.74, 6) is 0.822. The minimum Gasteiger partial charge on any atom is -0.324 e. The van der Waals surface area contributed by atoms with Crippen LogP contribution in [0.15, 0.2) is 0 Å². The third-order valence-electron chi connectivity index (χ3n) is 5.08. The Labute approximate surface area is 113 Å². The van der Waals surface area contributed by atoms with Gasteiger partial charge in [-0.15, -0.1) is 0 Å². The first-order chi connectivity index (χ1) is 8.54. The molecule has 0 heterocycles. The zero-order chi connectivity index (χ0) is 13.1. The maximum absolute atomic E-state index is 6.43. The average Bonchev–Trinajstić information content (AvgIpc) is 2.88. The Bertz CT molecular complexity index is 248. The van der Waals surface area contributed by atoms with Crippen molar-refractivity contribution in [2.75, 3.05) is 13.1 Å². The van der Waals surface area contributed by atoms with E-state index in [0.29, 0.717) is 5.41 Å². The van der Waals surface area contributed by atoms with E-state index in [1.54, 1.807) is 0 Å². The Hall–Kier alpha value is -0.0800. The van der Waals surface area contributed by atoms with Gasteiger partial charge >= 0.3 is 0 Å². The van der Waals surface area contributed by atoms with Crippen molar-refractivity contribution >= 4 is 0 Å². The van der Waals surface area contributed by atoms with Crippen LogP contribution in [0.25, 0.3) is 0 Å². The molecule has 0 amide bonds. The van der Waals surface area contributed by atoms with Crippen molar-refractivity contribution in [3.8, 4) is 0 Å². The first kappa shape index (κ1) is 14.3. The SMILES string of the molecule is CC(C)CC1(CNCC2(N)CCCC2)CCCC1. The van der Waals surface area contributed by atoms with Gasteiger partial charge in [-0.3, -0.25) is 0 Å². The Morgan fingerprint density at radius 1 is 0.944 bits per heavy atom. The van der Waals surface area contributed by atoms with Gasteiger partial charge in [0.2, 0.25) is 0 Å². The van der Waals surface area contributed by atoms with Crippen molar-refractivity contribution < 1.29 is 0 Å². The molecule has 0 radical (unpaired) electrons. The molecule has 2 saturated carbocycles. The molecule has 2 heteroatoms. The lowest BCUT2D eigenvalue weighted by Gasteiger charge is -2.33. The van der Waals surface area contributed by atoms with E-state index in [1.165, 1.54) is 64.3 Å². The van der Waals surface area contributed by atoms with Crippen molar-refractivity contribution in [3.05, 3.63) is 0 Å². The van der Waals surface area contributed by atoms with Gasteiger partial charge in [0.05, 0.1) is 0 Å². The topological polar surface area (TPSA) is 38.0 Å². The molecule has 0 saturated heterocycles. The molecule has 2 aliphatic carbocycles. The van der Waals surface area contributed by atoms with Crippen LogP contribution in [0.5, 0.6) is 0 Å². The van der Waals surface area contributed by atoms with Gasteiger partial charge in [-0.25, -0.2) is 0 Å². The standard InChI is InChI=1S/C16H32N2/c1-14(2)11-15(7-3-4-8-15)12-18-13-16(17)9-5-6-10-16/h14,18H,3-13,17H2,1-2H3. The number of hydrogen-bond acceptors (Lipinski definition) is 2. The van der Waals surface area contributed by atoms with E-state index in [-0.39, 0.29) is 5.54 Å². The van der Waals surface area contributed by atoms with E-state index in [4.69, 9.17) is 5.73 Å². The molecule has 2 rings (SSSR count). The first-order valence-corrected chi connectivity index (χ1v) is 8.03. The zero-order valence-electron chi connectivity index (χ0n) is 12.4. The summed E-state index contributed by atoms with van der Waals surface area (Å²) >= 11 is 0. The summed E-state index contributed by atoms with van der Waals surface area (Å²) < 4.78 is 0. The molecule has 0 aromatic carbocycles. The normalized spacial score (nSPS) is 26.0. The van der Waals surface area contributed by atoms with Crippen LogP contribution in [0.1, 0.15) is 71.6 Å². The number of nitrogens with one attached hydrogen (secondary N) is 1. The Kier molecular flexibility index (Phi) is 4.71. The van der Waals surface area contributed by atoms with Crippen LogP contribution in [0.3, 0.4) is 0 Å². The molecule has 0 unspecified atom stereocenters.